The van der Waals surface area contributed by atoms with Crippen LogP contribution in [0.15, 0.2) is 29.4 Å². The van der Waals surface area contributed by atoms with Gasteiger partial charge in [0, 0.05) is 23.1 Å². The number of anilines is 1. The van der Waals surface area contributed by atoms with Crippen LogP contribution in [-0.2, 0) is 11.2 Å². The van der Waals surface area contributed by atoms with Crippen LogP contribution >= 0.6 is 11.8 Å². The highest BCUT2D eigenvalue weighted by Gasteiger charge is 2.33. The highest BCUT2D eigenvalue weighted by molar-refractivity contribution is 8.00. The van der Waals surface area contributed by atoms with Crippen molar-refractivity contribution in [1.82, 2.24) is 9.97 Å². The van der Waals surface area contributed by atoms with Crippen LogP contribution in [0.5, 0.6) is 0 Å². The second-order valence-corrected chi connectivity index (χ2v) is 7.76. The predicted octanol–water partition coefficient (Wildman–Crippen LogP) is 3.86. The standard InChI is InChI=1S/C19H23N3OS/c1-11-10-16-8-6-7-9-17(16)22(11)18(23)15(5)24-19-20-13(3)12(2)14(4)21-19/h6-9,11,15H,10H2,1-5H3/t11-,15+/m0/s1. The van der Waals surface area contributed by atoms with Crippen molar-refractivity contribution in [3.63, 3.8) is 0 Å². The lowest BCUT2D eigenvalue weighted by Crippen LogP contribution is -2.40. The van der Waals surface area contributed by atoms with Gasteiger partial charge >= 0.3 is 0 Å². The zero-order chi connectivity index (χ0) is 17.4. The molecule has 2 atom stereocenters. The molecule has 0 fully saturated rings. The molecule has 0 radical (unpaired) electrons. The van der Waals surface area contributed by atoms with E-state index in [0.29, 0.717) is 5.16 Å². The number of hydrogen-bond acceptors (Lipinski definition) is 4. The average molecular weight is 341 g/mol. The number of nitrogens with zero attached hydrogens (tertiary/aromatic N) is 3. The Morgan fingerprint density at radius 2 is 1.83 bits per heavy atom. The molecular formula is C19H23N3OS. The van der Waals surface area contributed by atoms with Gasteiger partial charge in [0.15, 0.2) is 5.16 Å². The summed E-state index contributed by atoms with van der Waals surface area (Å²) in [5, 5.41) is 0.455. The lowest BCUT2D eigenvalue weighted by molar-refractivity contribution is -0.118. The zero-order valence-electron chi connectivity index (χ0n) is 14.8. The minimum Gasteiger partial charge on any atom is -0.308 e. The second kappa shape index (κ2) is 6.55. The molecule has 126 valence electrons. The van der Waals surface area contributed by atoms with Gasteiger partial charge in [-0.3, -0.25) is 4.79 Å². The number of benzene rings is 1. The van der Waals surface area contributed by atoms with Gasteiger partial charge in [-0.25, -0.2) is 9.97 Å². The monoisotopic (exact) mass is 341 g/mol. The molecule has 2 heterocycles. The minimum absolute atomic E-state index is 0.122. The van der Waals surface area contributed by atoms with Crippen LogP contribution in [0.25, 0.3) is 0 Å². The molecule has 0 aliphatic carbocycles. The van der Waals surface area contributed by atoms with Crippen LogP contribution < -0.4 is 4.90 Å². The molecule has 3 rings (SSSR count). The number of carbonyl (C=O) groups is 1. The number of para-hydroxylation sites is 1. The third kappa shape index (κ3) is 3.05. The summed E-state index contributed by atoms with van der Waals surface area (Å²) in [4.78, 5) is 24.0. The van der Waals surface area contributed by atoms with E-state index in [1.54, 1.807) is 0 Å². The van der Waals surface area contributed by atoms with Crippen LogP contribution in [0, 0.1) is 20.8 Å². The summed E-state index contributed by atoms with van der Waals surface area (Å²) in [6.07, 6.45) is 0.915. The van der Waals surface area contributed by atoms with E-state index in [1.807, 2.05) is 50.8 Å². The second-order valence-electron chi connectivity index (χ2n) is 6.45. The van der Waals surface area contributed by atoms with Crippen molar-refractivity contribution in [2.75, 3.05) is 4.90 Å². The fourth-order valence-electron chi connectivity index (χ4n) is 3.10. The lowest BCUT2D eigenvalue weighted by atomic mass is 10.1. The van der Waals surface area contributed by atoms with Gasteiger partial charge in [0.25, 0.3) is 0 Å². The van der Waals surface area contributed by atoms with E-state index in [0.717, 1.165) is 29.1 Å². The summed E-state index contributed by atoms with van der Waals surface area (Å²) in [5.41, 5.74) is 5.35. The Labute approximate surface area is 147 Å². The normalized spacial score (nSPS) is 17.7. The summed E-state index contributed by atoms with van der Waals surface area (Å²) >= 11 is 1.44. The first-order valence-corrected chi connectivity index (χ1v) is 9.16. The topological polar surface area (TPSA) is 46.1 Å². The van der Waals surface area contributed by atoms with Crippen molar-refractivity contribution in [2.45, 2.75) is 57.5 Å². The van der Waals surface area contributed by atoms with E-state index in [-0.39, 0.29) is 17.2 Å². The van der Waals surface area contributed by atoms with Gasteiger partial charge in [0.1, 0.15) is 0 Å². The number of thioether (sulfide) groups is 1. The summed E-state index contributed by atoms with van der Waals surface area (Å²) in [6.45, 7) is 10.0. The molecule has 0 unspecified atom stereocenters. The Morgan fingerprint density at radius 3 is 2.50 bits per heavy atom. The van der Waals surface area contributed by atoms with Crippen LogP contribution in [0.3, 0.4) is 0 Å². The summed E-state index contributed by atoms with van der Waals surface area (Å²) in [6, 6.07) is 8.35. The summed E-state index contributed by atoms with van der Waals surface area (Å²) < 4.78 is 0. The Morgan fingerprint density at radius 1 is 1.21 bits per heavy atom. The lowest BCUT2D eigenvalue weighted by Gasteiger charge is -2.25. The quantitative estimate of drug-likeness (QED) is 0.628. The van der Waals surface area contributed by atoms with Crippen molar-refractivity contribution < 1.29 is 4.79 Å². The van der Waals surface area contributed by atoms with E-state index >= 15 is 0 Å². The van der Waals surface area contributed by atoms with Crippen LogP contribution in [0.1, 0.15) is 36.4 Å². The molecular weight excluding hydrogens is 318 g/mol. The SMILES string of the molecule is Cc1nc(S[C@H](C)C(=O)N2c3ccccc3C[C@@H]2C)nc(C)c1C. The van der Waals surface area contributed by atoms with Gasteiger partial charge < -0.3 is 4.90 Å². The van der Waals surface area contributed by atoms with E-state index < -0.39 is 0 Å². The Balaban J connectivity index is 1.81. The predicted molar refractivity (Wildman–Crippen MR) is 98.7 cm³/mol. The fourth-order valence-corrected chi connectivity index (χ4v) is 4.01. The molecule has 1 aromatic heterocycles. The maximum Gasteiger partial charge on any atom is 0.240 e. The average Bonchev–Trinajstić information content (AvgIpc) is 2.87. The molecule has 24 heavy (non-hydrogen) atoms. The molecule has 0 spiro atoms. The molecule has 0 N–H and O–H groups in total. The molecule has 5 heteroatoms. The Bertz CT molecular complexity index is 767. The van der Waals surface area contributed by atoms with Crippen LogP contribution in [0.4, 0.5) is 5.69 Å². The molecule has 0 saturated carbocycles. The van der Waals surface area contributed by atoms with Gasteiger partial charge in [-0.2, -0.15) is 0 Å². The first-order valence-electron chi connectivity index (χ1n) is 8.28. The minimum atomic E-state index is -0.222. The first-order chi connectivity index (χ1) is 11.4. The van der Waals surface area contributed by atoms with Crippen molar-refractivity contribution >= 4 is 23.4 Å². The van der Waals surface area contributed by atoms with Crippen LogP contribution in [0.2, 0.25) is 0 Å². The van der Waals surface area contributed by atoms with E-state index in [9.17, 15) is 4.79 Å². The van der Waals surface area contributed by atoms with Crippen molar-refractivity contribution in [1.29, 1.82) is 0 Å². The zero-order valence-corrected chi connectivity index (χ0v) is 15.6. The number of hydrogen-bond donors (Lipinski definition) is 0. The molecule has 1 aliphatic heterocycles. The molecule has 1 aliphatic rings. The van der Waals surface area contributed by atoms with E-state index in [2.05, 4.69) is 23.0 Å². The van der Waals surface area contributed by atoms with Crippen molar-refractivity contribution in [3.05, 3.63) is 46.8 Å². The van der Waals surface area contributed by atoms with E-state index in [1.165, 1.54) is 17.3 Å². The number of fused-ring (bicyclic) bond motifs is 1. The van der Waals surface area contributed by atoms with Gasteiger partial charge in [0.05, 0.1) is 5.25 Å². The van der Waals surface area contributed by atoms with Crippen LogP contribution in [-0.4, -0.2) is 27.2 Å². The Hall–Kier alpha value is -1.88. The number of amides is 1. The highest BCUT2D eigenvalue weighted by Crippen LogP contribution is 2.34. The number of rotatable bonds is 3. The molecule has 2 aromatic rings. The van der Waals surface area contributed by atoms with Gasteiger partial charge in [0.2, 0.25) is 5.91 Å². The maximum absolute atomic E-state index is 13.0. The largest absolute Gasteiger partial charge is 0.308 e. The molecule has 4 nitrogen and oxygen atoms in total. The molecule has 0 bridgehead atoms. The third-order valence-corrected chi connectivity index (χ3v) is 5.64. The highest BCUT2D eigenvalue weighted by atomic mass is 32.2. The van der Waals surface area contributed by atoms with Gasteiger partial charge in [-0.15, -0.1) is 0 Å². The number of aryl methyl sites for hydroxylation is 2. The molecule has 0 saturated heterocycles. The smallest absolute Gasteiger partial charge is 0.240 e. The maximum atomic E-state index is 13.0. The molecule has 1 aromatic carbocycles. The summed E-state index contributed by atoms with van der Waals surface area (Å²) in [7, 11) is 0. The van der Waals surface area contributed by atoms with Gasteiger partial charge in [-0.1, -0.05) is 30.0 Å². The number of aromatic nitrogens is 2. The van der Waals surface area contributed by atoms with E-state index in [4.69, 9.17) is 0 Å². The Kier molecular flexibility index (Phi) is 4.63. The van der Waals surface area contributed by atoms with Gasteiger partial charge in [-0.05, 0) is 58.2 Å². The number of carbonyl (C=O) groups excluding carboxylic acids is 1. The van der Waals surface area contributed by atoms with Crippen molar-refractivity contribution in [3.8, 4) is 0 Å². The first kappa shape index (κ1) is 17.0. The molecule has 1 amide bonds. The van der Waals surface area contributed by atoms with Crippen molar-refractivity contribution in [2.24, 2.45) is 0 Å². The fraction of sp³-hybridized carbons (Fsp3) is 0.421. The summed E-state index contributed by atoms with van der Waals surface area (Å²) in [5.74, 6) is 0.122. The third-order valence-electron chi connectivity index (χ3n) is 4.69.